The van der Waals surface area contributed by atoms with Gasteiger partial charge in [0.1, 0.15) is 5.82 Å². The molecule has 2 heterocycles. The van der Waals surface area contributed by atoms with Gasteiger partial charge in [0.05, 0.1) is 5.60 Å². The highest BCUT2D eigenvalue weighted by Crippen LogP contribution is 2.41. The third kappa shape index (κ3) is 3.55. The minimum atomic E-state index is -0.301. The normalized spacial score (nSPS) is 30.7. The molecule has 1 aromatic rings. The molecule has 1 spiro atoms. The summed E-state index contributed by atoms with van der Waals surface area (Å²) in [6.07, 6.45) is 3.89. The average Bonchev–Trinajstić information content (AvgIpc) is 2.90. The lowest BCUT2D eigenvalue weighted by Gasteiger charge is -2.40. The number of rotatable bonds is 3. The summed E-state index contributed by atoms with van der Waals surface area (Å²) in [5.74, 6) is 2.43. The molecule has 5 heteroatoms. The lowest BCUT2D eigenvalue weighted by atomic mass is 9.80. The quantitative estimate of drug-likeness (QED) is 0.919. The Bertz CT molecular complexity index is 507. The van der Waals surface area contributed by atoms with Crippen molar-refractivity contribution in [3.8, 4) is 0 Å². The highest BCUT2D eigenvalue weighted by atomic mass is 35.5. The molecule has 2 saturated heterocycles. The van der Waals surface area contributed by atoms with Gasteiger partial charge in [-0.1, -0.05) is 17.7 Å². The Morgan fingerprint density at radius 3 is 3.10 bits per heavy atom. The second-order valence-corrected chi connectivity index (χ2v) is 7.70. The van der Waals surface area contributed by atoms with E-state index in [0.717, 1.165) is 37.2 Å². The summed E-state index contributed by atoms with van der Waals surface area (Å²) in [6, 6.07) is 4.62. The van der Waals surface area contributed by atoms with Gasteiger partial charge in [-0.05, 0) is 55.1 Å². The summed E-state index contributed by atoms with van der Waals surface area (Å²) in [5.41, 5.74) is 7.41. The van der Waals surface area contributed by atoms with Gasteiger partial charge < -0.3 is 10.5 Å². The molecule has 0 radical (unpaired) electrons. The van der Waals surface area contributed by atoms with Crippen LogP contribution < -0.4 is 5.73 Å². The molecule has 0 aliphatic carbocycles. The molecule has 0 amide bonds. The van der Waals surface area contributed by atoms with E-state index in [2.05, 4.69) is 0 Å². The van der Waals surface area contributed by atoms with E-state index in [1.165, 1.54) is 17.9 Å². The molecule has 2 N–H and O–H groups in total. The summed E-state index contributed by atoms with van der Waals surface area (Å²) >= 11 is 8.08. The van der Waals surface area contributed by atoms with Crippen molar-refractivity contribution in [3.05, 3.63) is 34.6 Å². The zero-order valence-corrected chi connectivity index (χ0v) is 13.6. The zero-order valence-electron chi connectivity index (χ0n) is 12.0. The van der Waals surface area contributed by atoms with Crippen LogP contribution >= 0.6 is 23.4 Å². The molecule has 2 aliphatic heterocycles. The Labute approximate surface area is 134 Å². The number of hydrogen-bond acceptors (Lipinski definition) is 3. The second kappa shape index (κ2) is 6.45. The first-order valence-corrected chi connectivity index (χ1v) is 9.02. The van der Waals surface area contributed by atoms with Crippen molar-refractivity contribution in [2.24, 2.45) is 11.7 Å². The third-order valence-corrected chi connectivity index (χ3v) is 6.25. The summed E-state index contributed by atoms with van der Waals surface area (Å²) in [6.45, 7) is 0.802. The predicted molar refractivity (Wildman–Crippen MR) is 86.4 cm³/mol. The predicted octanol–water partition coefficient (Wildman–Crippen LogP) is 3.65. The Hall–Kier alpha value is -0.290. The van der Waals surface area contributed by atoms with Gasteiger partial charge >= 0.3 is 0 Å². The van der Waals surface area contributed by atoms with Crippen LogP contribution in [0.25, 0.3) is 0 Å². The molecule has 3 atom stereocenters. The van der Waals surface area contributed by atoms with Crippen molar-refractivity contribution in [2.75, 3.05) is 18.1 Å². The van der Waals surface area contributed by atoms with E-state index in [1.54, 1.807) is 6.07 Å². The average molecular weight is 330 g/mol. The number of ether oxygens (including phenoxy) is 1. The number of thioether (sulfide) groups is 1. The van der Waals surface area contributed by atoms with Gasteiger partial charge in [-0.3, -0.25) is 0 Å². The Balaban J connectivity index is 1.65. The molecule has 2 nitrogen and oxygen atoms in total. The lowest BCUT2D eigenvalue weighted by molar-refractivity contribution is -0.0831. The van der Waals surface area contributed by atoms with Crippen LogP contribution in [0, 0.1) is 11.7 Å². The Morgan fingerprint density at radius 2 is 2.38 bits per heavy atom. The van der Waals surface area contributed by atoms with Crippen LogP contribution in [0.2, 0.25) is 5.02 Å². The van der Waals surface area contributed by atoms with Crippen LogP contribution in [0.5, 0.6) is 0 Å². The Kier molecular flexibility index (Phi) is 4.79. The molecule has 2 aliphatic rings. The smallest absolute Gasteiger partial charge is 0.124 e. The molecular weight excluding hydrogens is 309 g/mol. The zero-order chi connectivity index (χ0) is 14.9. The van der Waals surface area contributed by atoms with Crippen molar-refractivity contribution >= 4 is 23.4 Å². The summed E-state index contributed by atoms with van der Waals surface area (Å²) in [5, 5.41) is 0.476. The molecule has 0 saturated carbocycles. The van der Waals surface area contributed by atoms with E-state index in [-0.39, 0.29) is 17.5 Å². The molecule has 0 bridgehead atoms. The fourth-order valence-corrected chi connectivity index (χ4v) is 5.02. The van der Waals surface area contributed by atoms with Gasteiger partial charge in [0.25, 0.3) is 0 Å². The molecule has 21 heavy (non-hydrogen) atoms. The van der Waals surface area contributed by atoms with E-state index in [0.29, 0.717) is 17.4 Å². The summed E-state index contributed by atoms with van der Waals surface area (Å²) in [4.78, 5) is 0. The van der Waals surface area contributed by atoms with Crippen molar-refractivity contribution in [1.29, 1.82) is 0 Å². The van der Waals surface area contributed by atoms with Gasteiger partial charge in [0.15, 0.2) is 0 Å². The fourth-order valence-electron chi connectivity index (χ4n) is 3.40. The number of nitrogens with two attached hydrogens (primary N) is 1. The first-order chi connectivity index (χ1) is 10.1. The first kappa shape index (κ1) is 15.6. The molecule has 0 aromatic heterocycles. The van der Waals surface area contributed by atoms with Crippen LogP contribution in [0.3, 0.4) is 0 Å². The molecular formula is C16H21ClFNOS. The van der Waals surface area contributed by atoms with Crippen LogP contribution in [-0.4, -0.2) is 29.8 Å². The van der Waals surface area contributed by atoms with E-state index in [4.69, 9.17) is 22.1 Å². The summed E-state index contributed by atoms with van der Waals surface area (Å²) < 4.78 is 19.1. The maximum absolute atomic E-state index is 13.1. The molecule has 1 aromatic carbocycles. The van der Waals surface area contributed by atoms with Crippen LogP contribution in [-0.2, 0) is 11.2 Å². The Morgan fingerprint density at radius 1 is 1.52 bits per heavy atom. The molecule has 116 valence electrons. The largest absolute Gasteiger partial charge is 0.374 e. The van der Waals surface area contributed by atoms with Crippen molar-refractivity contribution in [1.82, 2.24) is 0 Å². The van der Waals surface area contributed by atoms with Crippen LogP contribution in [0.1, 0.15) is 24.8 Å². The standard InChI is InChI=1S/C16H21ClFNOS/c17-14-8-13(18)2-1-11(14)7-15(19)12-3-5-20-16(9-12)4-6-21-10-16/h1-2,8,12,15H,3-7,9-10,19H2. The van der Waals surface area contributed by atoms with E-state index >= 15 is 0 Å². The van der Waals surface area contributed by atoms with Crippen molar-refractivity contribution < 1.29 is 9.13 Å². The number of hydrogen-bond donors (Lipinski definition) is 1. The molecule has 3 rings (SSSR count). The SMILES string of the molecule is NC(Cc1ccc(F)cc1Cl)C1CCOC2(CCSC2)C1. The van der Waals surface area contributed by atoms with Crippen molar-refractivity contribution in [2.45, 2.75) is 37.3 Å². The van der Waals surface area contributed by atoms with Gasteiger partial charge in [0.2, 0.25) is 0 Å². The van der Waals surface area contributed by atoms with Gasteiger partial charge in [-0.25, -0.2) is 4.39 Å². The number of halogens is 2. The van der Waals surface area contributed by atoms with E-state index in [1.807, 2.05) is 11.8 Å². The maximum atomic E-state index is 13.1. The number of benzene rings is 1. The van der Waals surface area contributed by atoms with Gasteiger partial charge in [-0.2, -0.15) is 11.8 Å². The maximum Gasteiger partial charge on any atom is 0.124 e. The fraction of sp³-hybridized carbons (Fsp3) is 0.625. The molecule has 2 fully saturated rings. The summed E-state index contributed by atoms with van der Waals surface area (Å²) in [7, 11) is 0. The van der Waals surface area contributed by atoms with Crippen molar-refractivity contribution in [3.63, 3.8) is 0 Å². The van der Waals surface area contributed by atoms with Gasteiger partial charge in [0, 0.05) is 23.4 Å². The highest BCUT2D eigenvalue weighted by Gasteiger charge is 2.41. The highest BCUT2D eigenvalue weighted by molar-refractivity contribution is 7.99. The van der Waals surface area contributed by atoms with E-state index in [9.17, 15) is 4.39 Å². The lowest BCUT2D eigenvalue weighted by Crippen LogP contribution is -2.46. The van der Waals surface area contributed by atoms with Gasteiger partial charge in [-0.15, -0.1) is 0 Å². The second-order valence-electron chi connectivity index (χ2n) is 6.19. The molecule has 3 unspecified atom stereocenters. The minimum Gasteiger partial charge on any atom is -0.374 e. The topological polar surface area (TPSA) is 35.2 Å². The first-order valence-electron chi connectivity index (χ1n) is 7.49. The third-order valence-electron chi connectivity index (χ3n) is 4.67. The van der Waals surface area contributed by atoms with E-state index < -0.39 is 0 Å². The monoisotopic (exact) mass is 329 g/mol. The minimum absolute atomic E-state index is 0.0534. The van der Waals surface area contributed by atoms with Crippen LogP contribution in [0.15, 0.2) is 18.2 Å². The van der Waals surface area contributed by atoms with Crippen LogP contribution in [0.4, 0.5) is 4.39 Å².